The molecule has 0 amide bonds. The Hall–Kier alpha value is -1.32. The third kappa shape index (κ3) is 2.26. The highest BCUT2D eigenvalue weighted by Crippen LogP contribution is 2.19. The smallest absolute Gasteiger partial charge is 0.123 e. The highest BCUT2D eigenvalue weighted by atomic mass is 35.5. The number of halogens is 2. The largest absolute Gasteiger partial charge is 0.390 e. The first-order valence-electron chi connectivity index (χ1n) is 4.89. The Balaban J connectivity index is 2.30. The van der Waals surface area contributed by atoms with Crippen LogP contribution in [0.3, 0.4) is 0 Å². The van der Waals surface area contributed by atoms with Gasteiger partial charge < -0.3 is 9.67 Å². The minimum Gasteiger partial charge on any atom is -0.390 e. The van der Waals surface area contributed by atoms with E-state index in [-0.39, 0.29) is 12.4 Å². The van der Waals surface area contributed by atoms with Gasteiger partial charge in [0.2, 0.25) is 0 Å². The number of aliphatic hydroxyl groups excluding tert-OH is 1. The summed E-state index contributed by atoms with van der Waals surface area (Å²) in [5.74, 6) is -0.308. The van der Waals surface area contributed by atoms with Crippen molar-refractivity contribution in [2.75, 3.05) is 0 Å². The van der Waals surface area contributed by atoms with Gasteiger partial charge in [0.25, 0.3) is 0 Å². The van der Waals surface area contributed by atoms with Crippen LogP contribution in [0.4, 0.5) is 4.39 Å². The van der Waals surface area contributed by atoms with Crippen LogP contribution in [0.2, 0.25) is 5.02 Å². The molecule has 1 heterocycles. The molecule has 0 saturated carbocycles. The van der Waals surface area contributed by atoms with E-state index in [1.807, 2.05) is 22.9 Å². The first kappa shape index (κ1) is 11.2. The molecule has 0 fully saturated rings. The summed E-state index contributed by atoms with van der Waals surface area (Å²) < 4.78 is 14.9. The van der Waals surface area contributed by atoms with Gasteiger partial charge in [-0.05, 0) is 35.9 Å². The minimum absolute atomic E-state index is 0.0417. The first-order valence-corrected chi connectivity index (χ1v) is 5.27. The number of nitrogens with zero attached hydrogens (tertiary/aromatic N) is 1. The van der Waals surface area contributed by atoms with Gasteiger partial charge in [0.1, 0.15) is 5.82 Å². The molecule has 1 aromatic carbocycles. The highest BCUT2D eigenvalue weighted by Gasteiger charge is 2.05. The maximum absolute atomic E-state index is 13.0. The molecule has 2 aromatic rings. The van der Waals surface area contributed by atoms with Crippen LogP contribution in [-0.2, 0) is 13.2 Å². The van der Waals surface area contributed by atoms with Gasteiger partial charge in [-0.15, -0.1) is 0 Å². The lowest BCUT2D eigenvalue weighted by Crippen LogP contribution is -2.03. The normalized spacial score (nSPS) is 10.7. The molecule has 0 atom stereocenters. The quantitative estimate of drug-likeness (QED) is 0.876. The lowest BCUT2D eigenvalue weighted by Gasteiger charge is -2.09. The number of rotatable bonds is 3. The molecule has 0 radical (unpaired) electrons. The summed E-state index contributed by atoms with van der Waals surface area (Å²) in [6.07, 6.45) is 1.83. The molecule has 16 heavy (non-hydrogen) atoms. The van der Waals surface area contributed by atoms with E-state index >= 15 is 0 Å². The maximum Gasteiger partial charge on any atom is 0.123 e. The number of aliphatic hydroxyl groups is 1. The summed E-state index contributed by atoms with van der Waals surface area (Å²) in [5, 5.41) is 9.61. The van der Waals surface area contributed by atoms with Crippen LogP contribution in [0.15, 0.2) is 36.5 Å². The van der Waals surface area contributed by atoms with Gasteiger partial charge in [0.15, 0.2) is 0 Å². The molecule has 0 bridgehead atoms. The Bertz CT molecular complexity index is 496. The molecule has 2 rings (SSSR count). The van der Waals surface area contributed by atoms with Crippen molar-refractivity contribution in [3.05, 3.63) is 58.6 Å². The summed E-state index contributed by atoms with van der Waals surface area (Å²) >= 11 is 5.97. The molecule has 0 unspecified atom stereocenters. The molecule has 84 valence electrons. The number of benzene rings is 1. The first-order chi connectivity index (χ1) is 7.70. The predicted molar refractivity (Wildman–Crippen MR) is 60.9 cm³/mol. The van der Waals surface area contributed by atoms with Crippen molar-refractivity contribution in [3.63, 3.8) is 0 Å². The Kier molecular flexibility index (Phi) is 3.27. The Labute approximate surface area is 97.9 Å². The fraction of sp³-hybridized carbons (Fsp3) is 0.167. The fourth-order valence-corrected chi connectivity index (χ4v) is 1.77. The van der Waals surface area contributed by atoms with Gasteiger partial charge in [-0.3, -0.25) is 0 Å². The van der Waals surface area contributed by atoms with Gasteiger partial charge in [0, 0.05) is 23.5 Å². The standard InChI is InChI=1S/C12H11ClFNO/c13-12-4-3-10(14)6-9(12)7-15-5-1-2-11(15)8-16/h1-6,16H,7-8H2. The SMILES string of the molecule is OCc1cccn1Cc1cc(F)ccc1Cl. The molecule has 1 aromatic heterocycles. The van der Waals surface area contributed by atoms with Gasteiger partial charge >= 0.3 is 0 Å². The Morgan fingerprint density at radius 1 is 1.31 bits per heavy atom. The Morgan fingerprint density at radius 3 is 2.88 bits per heavy atom. The summed E-state index contributed by atoms with van der Waals surface area (Å²) in [5.41, 5.74) is 1.48. The molecule has 2 nitrogen and oxygen atoms in total. The molecule has 0 spiro atoms. The molecule has 1 N–H and O–H groups in total. The average Bonchev–Trinajstić information content (AvgIpc) is 2.71. The molecule has 0 aliphatic heterocycles. The van der Waals surface area contributed by atoms with Crippen molar-refractivity contribution >= 4 is 11.6 Å². The van der Waals surface area contributed by atoms with Gasteiger partial charge in [-0.1, -0.05) is 11.6 Å². The molecule has 0 aliphatic rings. The van der Waals surface area contributed by atoms with Crippen LogP contribution >= 0.6 is 11.6 Å². The van der Waals surface area contributed by atoms with Crippen molar-refractivity contribution in [1.82, 2.24) is 4.57 Å². The summed E-state index contributed by atoms with van der Waals surface area (Å²) in [4.78, 5) is 0. The van der Waals surface area contributed by atoms with Crippen LogP contribution in [-0.4, -0.2) is 9.67 Å². The summed E-state index contributed by atoms with van der Waals surface area (Å²) in [6, 6.07) is 7.91. The predicted octanol–water partition coefficient (Wildman–Crippen LogP) is 2.82. The Morgan fingerprint density at radius 2 is 2.12 bits per heavy atom. The van der Waals surface area contributed by atoms with E-state index in [9.17, 15) is 4.39 Å². The van der Waals surface area contributed by atoms with Crippen molar-refractivity contribution in [3.8, 4) is 0 Å². The third-order valence-corrected chi connectivity index (χ3v) is 2.80. The lowest BCUT2D eigenvalue weighted by atomic mass is 10.2. The van der Waals surface area contributed by atoms with Crippen LogP contribution in [0, 0.1) is 5.82 Å². The molecule has 4 heteroatoms. The van der Waals surface area contributed by atoms with Crippen molar-refractivity contribution < 1.29 is 9.50 Å². The number of hydrogen-bond acceptors (Lipinski definition) is 1. The van der Waals surface area contributed by atoms with E-state index in [1.165, 1.54) is 18.2 Å². The molecule has 0 aliphatic carbocycles. The zero-order valence-corrected chi connectivity index (χ0v) is 9.28. The van der Waals surface area contributed by atoms with Gasteiger partial charge in [-0.25, -0.2) is 4.39 Å². The second-order valence-electron chi connectivity index (χ2n) is 3.52. The van der Waals surface area contributed by atoms with Crippen LogP contribution in [0.1, 0.15) is 11.3 Å². The minimum atomic E-state index is -0.308. The van der Waals surface area contributed by atoms with Gasteiger partial charge in [-0.2, -0.15) is 0 Å². The van der Waals surface area contributed by atoms with E-state index in [1.54, 1.807) is 0 Å². The van der Waals surface area contributed by atoms with E-state index in [0.717, 1.165) is 5.69 Å². The monoisotopic (exact) mass is 239 g/mol. The zero-order chi connectivity index (χ0) is 11.5. The number of aromatic nitrogens is 1. The van der Waals surface area contributed by atoms with Crippen LogP contribution in [0.25, 0.3) is 0 Å². The van der Waals surface area contributed by atoms with Crippen molar-refractivity contribution in [2.24, 2.45) is 0 Å². The second-order valence-corrected chi connectivity index (χ2v) is 3.93. The van der Waals surface area contributed by atoms with Crippen LogP contribution < -0.4 is 0 Å². The van der Waals surface area contributed by atoms with Crippen LogP contribution in [0.5, 0.6) is 0 Å². The highest BCUT2D eigenvalue weighted by molar-refractivity contribution is 6.31. The van der Waals surface area contributed by atoms with Crippen molar-refractivity contribution in [1.29, 1.82) is 0 Å². The molecule has 0 saturated heterocycles. The number of hydrogen-bond donors (Lipinski definition) is 1. The zero-order valence-electron chi connectivity index (χ0n) is 8.53. The summed E-state index contributed by atoms with van der Waals surface area (Å²) in [7, 11) is 0. The van der Waals surface area contributed by atoms with Crippen molar-refractivity contribution in [2.45, 2.75) is 13.2 Å². The maximum atomic E-state index is 13.0. The summed E-state index contributed by atoms with van der Waals surface area (Å²) in [6.45, 7) is 0.416. The van der Waals surface area contributed by atoms with E-state index < -0.39 is 0 Å². The second kappa shape index (κ2) is 4.68. The van der Waals surface area contributed by atoms with E-state index in [4.69, 9.17) is 16.7 Å². The third-order valence-electron chi connectivity index (χ3n) is 2.43. The van der Waals surface area contributed by atoms with E-state index in [0.29, 0.717) is 17.1 Å². The van der Waals surface area contributed by atoms with E-state index in [2.05, 4.69) is 0 Å². The lowest BCUT2D eigenvalue weighted by molar-refractivity contribution is 0.271. The fourth-order valence-electron chi connectivity index (χ4n) is 1.60. The van der Waals surface area contributed by atoms with Gasteiger partial charge in [0.05, 0.1) is 6.61 Å². The molecular formula is C12H11ClFNO. The molecular weight excluding hydrogens is 229 g/mol. The topological polar surface area (TPSA) is 25.2 Å². The average molecular weight is 240 g/mol.